The maximum atomic E-state index is 13.4. The van der Waals surface area contributed by atoms with E-state index < -0.39 is 0 Å². The highest BCUT2D eigenvalue weighted by Gasteiger charge is 2.29. The lowest BCUT2D eigenvalue weighted by atomic mass is 9.86. The number of nitrogens with one attached hydrogen (secondary N) is 1. The van der Waals surface area contributed by atoms with Crippen LogP contribution in [-0.2, 0) is 19.4 Å². The summed E-state index contributed by atoms with van der Waals surface area (Å²) in [5, 5.41) is 3.07. The number of amides is 2. The molecule has 1 aliphatic rings. The predicted octanol–water partition coefficient (Wildman–Crippen LogP) is 6.50. The van der Waals surface area contributed by atoms with Gasteiger partial charge >= 0.3 is 6.03 Å². The Hall–Kier alpha value is -3.14. The number of nitrogens with zero attached hydrogens (tertiary/aromatic N) is 1. The van der Waals surface area contributed by atoms with Crippen molar-refractivity contribution in [2.24, 2.45) is 0 Å². The number of urea groups is 1. The largest absolute Gasteiger partial charge is 0.322 e. The standard InChI is InChI=1S/C26H27FN2O/c1-2-19-12-16-23(17-13-19)28-26(30)29(18-20-10-14-22(27)15-11-20)25-9-5-7-21-6-3-4-8-24(21)25/h3-4,6,8,10-17,25H,2,5,7,9,18H2,1H3,(H,28,30). The first-order valence-electron chi connectivity index (χ1n) is 10.6. The minimum absolute atomic E-state index is 0.00471. The second-order valence-electron chi connectivity index (χ2n) is 7.84. The van der Waals surface area contributed by atoms with Crippen LogP contribution in [0.3, 0.4) is 0 Å². The van der Waals surface area contributed by atoms with Crippen LogP contribution in [0.15, 0.2) is 72.8 Å². The summed E-state index contributed by atoms with van der Waals surface area (Å²) in [6.45, 7) is 2.54. The highest BCUT2D eigenvalue weighted by Crippen LogP contribution is 2.35. The molecule has 2 amide bonds. The minimum Gasteiger partial charge on any atom is -0.313 e. The number of rotatable bonds is 5. The number of fused-ring (bicyclic) bond motifs is 1. The van der Waals surface area contributed by atoms with Crippen LogP contribution in [0.4, 0.5) is 14.9 Å². The number of hydrogen-bond donors (Lipinski definition) is 1. The fourth-order valence-corrected chi connectivity index (χ4v) is 4.18. The number of carbonyl (C=O) groups is 1. The quantitative estimate of drug-likeness (QED) is 0.519. The number of aryl methyl sites for hydroxylation is 2. The zero-order valence-electron chi connectivity index (χ0n) is 17.3. The molecule has 0 saturated heterocycles. The zero-order chi connectivity index (χ0) is 20.9. The van der Waals surface area contributed by atoms with Crippen LogP contribution in [0.25, 0.3) is 0 Å². The van der Waals surface area contributed by atoms with Gasteiger partial charge in [0.1, 0.15) is 5.82 Å². The van der Waals surface area contributed by atoms with Crippen LogP contribution in [-0.4, -0.2) is 10.9 Å². The molecule has 1 atom stereocenters. The molecule has 0 saturated carbocycles. The first-order valence-corrected chi connectivity index (χ1v) is 10.6. The Kier molecular flexibility index (Phi) is 6.12. The van der Waals surface area contributed by atoms with Crippen molar-refractivity contribution in [1.82, 2.24) is 4.90 Å². The van der Waals surface area contributed by atoms with Crippen molar-refractivity contribution in [2.45, 2.75) is 45.2 Å². The van der Waals surface area contributed by atoms with Crippen molar-refractivity contribution < 1.29 is 9.18 Å². The lowest BCUT2D eigenvalue weighted by molar-refractivity contribution is 0.175. The van der Waals surface area contributed by atoms with Gasteiger partial charge in [-0.2, -0.15) is 0 Å². The van der Waals surface area contributed by atoms with Crippen molar-refractivity contribution in [3.05, 3.63) is 101 Å². The smallest absolute Gasteiger partial charge is 0.313 e. The van der Waals surface area contributed by atoms with Crippen molar-refractivity contribution in [3.8, 4) is 0 Å². The van der Waals surface area contributed by atoms with Gasteiger partial charge in [-0.3, -0.25) is 0 Å². The third kappa shape index (κ3) is 4.54. The minimum atomic E-state index is -0.270. The van der Waals surface area contributed by atoms with Gasteiger partial charge in [-0.25, -0.2) is 9.18 Å². The Morgan fingerprint density at radius 3 is 2.43 bits per heavy atom. The number of halogens is 1. The van der Waals surface area contributed by atoms with E-state index in [4.69, 9.17) is 0 Å². The molecule has 1 N–H and O–H groups in total. The Labute approximate surface area is 177 Å². The molecule has 154 valence electrons. The Morgan fingerprint density at radius 2 is 1.70 bits per heavy atom. The molecule has 3 aromatic carbocycles. The fourth-order valence-electron chi connectivity index (χ4n) is 4.18. The zero-order valence-corrected chi connectivity index (χ0v) is 17.3. The number of benzene rings is 3. The van der Waals surface area contributed by atoms with Crippen LogP contribution in [0.1, 0.15) is 48.1 Å². The number of hydrogen-bond acceptors (Lipinski definition) is 1. The molecule has 0 spiro atoms. The van der Waals surface area contributed by atoms with E-state index in [0.717, 1.165) is 36.9 Å². The molecule has 0 bridgehead atoms. The van der Waals surface area contributed by atoms with Gasteiger partial charge in [-0.05, 0) is 72.2 Å². The molecule has 4 rings (SSSR count). The number of carbonyl (C=O) groups excluding carboxylic acids is 1. The van der Waals surface area contributed by atoms with Gasteiger partial charge in [-0.15, -0.1) is 0 Å². The monoisotopic (exact) mass is 402 g/mol. The van der Waals surface area contributed by atoms with Gasteiger partial charge in [0.2, 0.25) is 0 Å². The van der Waals surface area contributed by atoms with Gasteiger partial charge in [-0.1, -0.05) is 55.5 Å². The predicted molar refractivity (Wildman–Crippen MR) is 119 cm³/mol. The molecule has 0 fully saturated rings. The van der Waals surface area contributed by atoms with E-state index in [1.165, 1.54) is 28.8 Å². The molecular weight excluding hydrogens is 375 g/mol. The van der Waals surface area contributed by atoms with E-state index in [0.29, 0.717) is 6.54 Å². The summed E-state index contributed by atoms with van der Waals surface area (Å²) >= 11 is 0. The summed E-state index contributed by atoms with van der Waals surface area (Å²) in [6.07, 6.45) is 3.96. The third-order valence-corrected chi connectivity index (χ3v) is 5.85. The van der Waals surface area contributed by atoms with Gasteiger partial charge in [0, 0.05) is 12.2 Å². The summed E-state index contributed by atoms with van der Waals surface area (Å²) in [4.78, 5) is 15.3. The van der Waals surface area contributed by atoms with Crippen molar-refractivity contribution in [2.75, 3.05) is 5.32 Å². The molecule has 0 radical (unpaired) electrons. The van der Waals surface area contributed by atoms with Crippen LogP contribution >= 0.6 is 0 Å². The number of anilines is 1. The Bertz CT molecular complexity index is 998. The highest BCUT2D eigenvalue weighted by atomic mass is 19.1. The Morgan fingerprint density at radius 1 is 1.00 bits per heavy atom. The lowest BCUT2D eigenvalue weighted by Crippen LogP contribution is -2.39. The normalized spacial score (nSPS) is 15.3. The molecule has 1 unspecified atom stereocenters. The SMILES string of the molecule is CCc1ccc(NC(=O)N(Cc2ccc(F)cc2)C2CCCc3ccccc32)cc1. The molecule has 0 aliphatic heterocycles. The summed E-state index contributed by atoms with van der Waals surface area (Å²) < 4.78 is 13.4. The Balaban J connectivity index is 1.62. The van der Waals surface area contributed by atoms with Crippen LogP contribution in [0.2, 0.25) is 0 Å². The van der Waals surface area contributed by atoms with Gasteiger partial charge < -0.3 is 10.2 Å². The molecular formula is C26H27FN2O. The van der Waals surface area contributed by atoms with Gasteiger partial charge in [0.05, 0.1) is 6.04 Å². The van der Waals surface area contributed by atoms with E-state index >= 15 is 0 Å². The molecule has 0 aromatic heterocycles. The fraction of sp³-hybridized carbons (Fsp3) is 0.269. The van der Waals surface area contributed by atoms with E-state index in [9.17, 15) is 9.18 Å². The summed E-state index contributed by atoms with van der Waals surface area (Å²) in [5.74, 6) is -0.270. The second-order valence-corrected chi connectivity index (χ2v) is 7.84. The van der Waals surface area contributed by atoms with Crippen LogP contribution in [0.5, 0.6) is 0 Å². The molecule has 3 nitrogen and oxygen atoms in total. The van der Waals surface area contributed by atoms with Crippen LogP contribution in [0, 0.1) is 5.82 Å². The molecule has 0 heterocycles. The molecule has 4 heteroatoms. The average Bonchev–Trinajstić information content (AvgIpc) is 2.79. The maximum absolute atomic E-state index is 13.4. The molecule has 30 heavy (non-hydrogen) atoms. The maximum Gasteiger partial charge on any atom is 0.322 e. The van der Waals surface area contributed by atoms with Crippen molar-refractivity contribution in [1.29, 1.82) is 0 Å². The van der Waals surface area contributed by atoms with Crippen LogP contribution < -0.4 is 5.32 Å². The summed E-state index contributed by atoms with van der Waals surface area (Å²) in [5.41, 5.74) is 5.44. The van der Waals surface area contributed by atoms with Crippen molar-refractivity contribution >= 4 is 11.7 Å². The van der Waals surface area contributed by atoms with E-state index in [-0.39, 0.29) is 17.9 Å². The average molecular weight is 403 g/mol. The lowest BCUT2D eigenvalue weighted by Gasteiger charge is -2.36. The first-order chi connectivity index (χ1) is 14.6. The summed E-state index contributed by atoms with van der Waals surface area (Å²) in [6, 6.07) is 22.6. The second kappa shape index (κ2) is 9.12. The highest BCUT2D eigenvalue weighted by molar-refractivity contribution is 5.89. The van der Waals surface area contributed by atoms with Gasteiger partial charge in [0.15, 0.2) is 0 Å². The summed E-state index contributed by atoms with van der Waals surface area (Å²) in [7, 11) is 0. The van der Waals surface area contributed by atoms with E-state index in [1.54, 1.807) is 12.1 Å². The van der Waals surface area contributed by atoms with Gasteiger partial charge in [0.25, 0.3) is 0 Å². The van der Waals surface area contributed by atoms with E-state index in [2.05, 4.69) is 30.4 Å². The van der Waals surface area contributed by atoms with Crippen molar-refractivity contribution in [3.63, 3.8) is 0 Å². The molecule has 3 aromatic rings. The van der Waals surface area contributed by atoms with E-state index in [1.807, 2.05) is 35.2 Å². The first kappa shape index (κ1) is 20.1. The third-order valence-electron chi connectivity index (χ3n) is 5.85. The molecule has 1 aliphatic carbocycles. The topological polar surface area (TPSA) is 32.3 Å².